The zero-order valence-electron chi connectivity index (χ0n) is 14.2. The molecule has 0 saturated heterocycles. The van der Waals surface area contributed by atoms with Crippen molar-refractivity contribution in [2.45, 2.75) is 13.8 Å². The van der Waals surface area contributed by atoms with Crippen LogP contribution in [0.2, 0.25) is 0 Å². The quantitative estimate of drug-likeness (QED) is 0.424. The highest BCUT2D eigenvalue weighted by Crippen LogP contribution is 2.32. The third kappa shape index (κ3) is 3.06. The minimum atomic E-state index is 0.736. The van der Waals surface area contributed by atoms with E-state index in [2.05, 4.69) is 48.3 Å². The van der Waals surface area contributed by atoms with E-state index in [1.54, 1.807) is 0 Å². The summed E-state index contributed by atoms with van der Waals surface area (Å²) in [4.78, 5) is 4.75. The SMILES string of the molecule is Cc1ccc(N=Nc2c(-c3ccc(C)cc3)nc3ccccn23)cc1. The van der Waals surface area contributed by atoms with Gasteiger partial charge >= 0.3 is 0 Å². The Morgan fingerprint density at radius 1 is 0.760 bits per heavy atom. The second-order valence-corrected chi connectivity index (χ2v) is 6.11. The van der Waals surface area contributed by atoms with E-state index in [4.69, 9.17) is 4.98 Å². The van der Waals surface area contributed by atoms with Crippen LogP contribution in [0.1, 0.15) is 11.1 Å². The van der Waals surface area contributed by atoms with E-state index in [1.165, 1.54) is 11.1 Å². The molecule has 4 nitrogen and oxygen atoms in total. The number of pyridine rings is 1. The summed E-state index contributed by atoms with van der Waals surface area (Å²) in [5, 5.41) is 8.93. The van der Waals surface area contributed by atoms with Crippen LogP contribution >= 0.6 is 0 Å². The Labute approximate surface area is 146 Å². The largest absolute Gasteiger partial charge is 0.283 e. The topological polar surface area (TPSA) is 42.0 Å². The molecule has 0 atom stereocenters. The molecule has 0 N–H and O–H groups in total. The number of hydrogen-bond donors (Lipinski definition) is 0. The molecule has 0 amide bonds. The van der Waals surface area contributed by atoms with E-state index in [-0.39, 0.29) is 0 Å². The van der Waals surface area contributed by atoms with Gasteiger partial charge in [-0.3, -0.25) is 4.40 Å². The number of hydrogen-bond acceptors (Lipinski definition) is 3. The number of rotatable bonds is 3. The molecule has 0 aliphatic carbocycles. The molecular weight excluding hydrogens is 308 g/mol. The number of benzene rings is 2. The van der Waals surface area contributed by atoms with Crippen LogP contribution in [0.3, 0.4) is 0 Å². The van der Waals surface area contributed by atoms with Crippen LogP contribution < -0.4 is 0 Å². The third-order valence-corrected chi connectivity index (χ3v) is 4.12. The fraction of sp³-hybridized carbons (Fsp3) is 0.0952. The molecule has 0 unspecified atom stereocenters. The van der Waals surface area contributed by atoms with Gasteiger partial charge < -0.3 is 0 Å². The zero-order valence-corrected chi connectivity index (χ0v) is 14.2. The van der Waals surface area contributed by atoms with Gasteiger partial charge in [0.1, 0.15) is 11.3 Å². The Balaban J connectivity index is 1.84. The molecule has 0 bridgehead atoms. The third-order valence-electron chi connectivity index (χ3n) is 4.12. The fourth-order valence-corrected chi connectivity index (χ4v) is 2.70. The van der Waals surface area contributed by atoms with Crippen molar-refractivity contribution >= 4 is 17.2 Å². The fourth-order valence-electron chi connectivity index (χ4n) is 2.70. The predicted molar refractivity (Wildman–Crippen MR) is 101 cm³/mol. The van der Waals surface area contributed by atoms with Crippen molar-refractivity contribution in [2.75, 3.05) is 0 Å². The number of aromatic nitrogens is 2. The Morgan fingerprint density at radius 3 is 2.16 bits per heavy atom. The van der Waals surface area contributed by atoms with E-state index in [0.29, 0.717) is 0 Å². The van der Waals surface area contributed by atoms with Crippen LogP contribution in [0, 0.1) is 13.8 Å². The van der Waals surface area contributed by atoms with Gasteiger partial charge in [-0.25, -0.2) is 4.98 Å². The summed E-state index contributed by atoms with van der Waals surface area (Å²) in [7, 11) is 0. The molecule has 4 heteroatoms. The Bertz CT molecular complexity index is 1040. The lowest BCUT2D eigenvalue weighted by Crippen LogP contribution is -1.81. The Morgan fingerprint density at radius 2 is 1.44 bits per heavy atom. The van der Waals surface area contributed by atoms with Crippen LogP contribution in [0.25, 0.3) is 16.9 Å². The van der Waals surface area contributed by atoms with Crippen molar-refractivity contribution in [1.82, 2.24) is 9.38 Å². The molecule has 25 heavy (non-hydrogen) atoms. The van der Waals surface area contributed by atoms with Gasteiger partial charge in [-0.2, -0.15) is 0 Å². The van der Waals surface area contributed by atoms with Crippen LogP contribution in [-0.2, 0) is 0 Å². The number of imidazole rings is 1. The van der Waals surface area contributed by atoms with Crippen molar-refractivity contribution < 1.29 is 0 Å². The summed E-state index contributed by atoms with van der Waals surface area (Å²) < 4.78 is 1.97. The first-order valence-corrected chi connectivity index (χ1v) is 8.23. The Hall–Kier alpha value is -3.27. The maximum absolute atomic E-state index is 4.75. The molecule has 0 saturated carbocycles. The lowest BCUT2D eigenvalue weighted by atomic mass is 10.1. The van der Waals surface area contributed by atoms with Crippen molar-refractivity contribution in [1.29, 1.82) is 0 Å². The molecule has 2 aromatic heterocycles. The highest BCUT2D eigenvalue weighted by atomic mass is 15.2. The lowest BCUT2D eigenvalue weighted by Gasteiger charge is -2.00. The second kappa shape index (κ2) is 6.32. The minimum Gasteiger partial charge on any atom is -0.283 e. The molecule has 0 aliphatic heterocycles. The van der Waals surface area contributed by atoms with E-state index >= 15 is 0 Å². The van der Waals surface area contributed by atoms with Crippen LogP contribution in [0.15, 0.2) is 83.2 Å². The molecule has 122 valence electrons. The molecule has 0 fully saturated rings. The Kier molecular flexibility index (Phi) is 3.86. The van der Waals surface area contributed by atoms with Gasteiger partial charge in [-0.15, -0.1) is 10.2 Å². The monoisotopic (exact) mass is 326 g/mol. The summed E-state index contributed by atoms with van der Waals surface area (Å²) in [6.07, 6.45) is 1.96. The number of azo groups is 1. The van der Waals surface area contributed by atoms with Gasteiger partial charge in [-0.05, 0) is 38.1 Å². The first kappa shape index (κ1) is 15.3. The standard InChI is InChI=1S/C21H18N4/c1-15-6-10-17(11-7-15)20-21(25-14-4-3-5-19(25)22-20)24-23-18-12-8-16(2)9-13-18/h3-14H,1-2H3. The molecule has 0 radical (unpaired) electrons. The van der Waals surface area contributed by atoms with Crippen molar-refractivity contribution in [3.05, 3.63) is 84.1 Å². The van der Waals surface area contributed by atoms with Crippen LogP contribution in [0.4, 0.5) is 11.5 Å². The van der Waals surface area contributed by atoms with Gasteiger partial charge in [-0.1, -0.05) is 53.6 Å². The van der Waals surface area contributed by atoms with E-state index in [1.807, 2.05) is 53.1 Å². The summed E-state index contributed by atoms with van der Waals surface area (Å²) in [6, 6.07) is 22.2. The first-order valence-electron chi connectivity index (χ1n) is 8.23. The summed E-state index contributed by atoms with van der Waals surface area (Å²) in [6.45, 7) is 4.13. The molecule has 2 aromatic carbocycles. The molecule has 2 heterocycles. The molecule has 4 rings (SSSR count). The van der Waals surface area contributed by atoms with Crippen LogP contribution in [-0.4, -0.2) is 9.38 Å². The van der Waals surface area contributed by atoms with Crippen molar-refractivity contribution in [3.63, 3.8) is 0 Å². The second-order valence-electron chi connectivity index (χ2n) is 6.11. The smallest absolute Gasteiger partial charge is 0.187 e. The predicted octanol–water partition coefficient (Wildman–Crippen LogP) is 6.03. The maximum atomic E-state index is 4.75. The summed E-state index contributed by atoms with van der Waals surface area (Å²) in [5.41, 5.74) is 5.97. The molecule has 4 aromatic rings. The zero-order chi connectivity index (χ0) is 17.2. The van der Waals surface area contributed by atoms with Gasteiger partial charge in [0.05, 0.1) is 5.69 Å². The van der Waals surface area contributed by atoms with Crippen LogP contribution in [0.5, 0.6) is 0 Å². The average molecular weight is 326 g/mol. The number of fused-ring (bicyclic) bond motifs is 1. The van der Waals surface area contributed by atoms with Crippen molar-refractivity contribution in [2.24, 2.45) is 10.2 Å². The maximum Gasteiger partial charge on any atom is 0.187 e. The first-order chi connectivity index (χ1) is 12.2. The van der Waals surface area contributed by atoms with Gasteiger partial charge in [0, 0.05) is 11.8 Å². The highest BCUT2D eigenvalue weighted by Gasteiger charge is 2.13. The molecule has 0 aliphatic rings. The highest BCUT2D eigenvalue weighted by molar-refractivity contribution is 5.74. The van der Waals surface area contributed by atoms with Gasteiger partial charge in [0.2, 0.25) is 0 Å². The lowest BCUT2D eigenvalue weighted by molar-refractivity contribution is 1.10. The van der Waals surface area contributed by atoms with Gasteiger partial charge in [0.25, 0.3) is 0 Å². The summed E-state index contributed by atoms with van der Waals surface area (Å²) in [5.74, 6) is 0.736. The van der Waals surface area contributed by atoms with E-state index in [9.17, 15) is 0 Å². The normalized spacial score (nSPS) is 11.4. The minimum absolute atomic E-state index is 0.736. The number of aryl methyl sites for hydroxylation is 2. The van der Waals surface area contributed by atoms with Gasteiger partial charge in [0.15, 0.2) is 5.82 Å². The molecular formula is C21H18N4. The van der Waals surface area contributed by atoms with Crippen molar-refractivity contribution in [3.8, 4) is 11.3 Å². The number of nitrogens with zero attached hydrogens (tertiary/aromatic N) is 4. The summed E-state index contributed by atoms with van der Waals surface area (Å²) >= 11 is 0. The average Bonchev–Trinajstić information content (AvgIpc) is 3.00. The molecule has 0 spiro atoms. The van der Waals surface area contributed by atoms with E-state index in [0.717, 1.165) is 28.4 Å². The van der Waals surface area contributed by atoms with E-state index < -0.39 is 0 Å².